The van der Waals surface area contributed by atoms with Gasteiger partial charge in [-0.3, -0.25) is 9.59 Å². The predicted octanol–water partition coefficient (Wildman–Crippen LogP) is 1.14. The SMILES string of the molecule is CC(=O)C1SC(=S)N(CCC(=O)O)C1C. The number of hydrogen-bond donors (Lipinski definition) is 1. The van der Waals surface area contributed by atoms with Gasteiger partial charge in [-0.25, -0.2) is 0 Å². The minimum Gasteiger partial charge on any atom is -0.481 e. The van der Waals surface area contributed by atoms with Crippen molar-refractivity contribution in [1.29, 1.82) is 0 Å². The van der Waals surface area contributed by atoms with Crippen LogP contribution < -0.4 is 0 Å². The molecule has 4 nitrogen and oxygen atoms in total. The Bertz CT molecular complexity index is 306. The first kappa shape index (κ1) is 12.4. The fourth-order valence-corrected chi connectivity index (χ4v) is 3.23. The molecule has 1 fully saturated rings. The fourth-order valence-electron chi connectivity index (χ4n) is 1.54. The van der Waals surface area contributed by atoms with Crippen LogP contribution >= 0.6 is 24.0 Å². The molecule has 1 aliphatic heterocycles. The molecule has 0 aliphatic carbocycles. The molecule has 1 saturated heterocycles. The summed E-state index contributed by atoms with van der Waals surface area (Å²) >= 11 is 6.47. The third kappa shape index (κ3) is 2.92. The number of carbonyl (C=O) groups excluding carboxylic acids is 1. The van der Waals surface area contributed by atoms with Crippen LogP contribution in [0, 0.1) is 0 Å². The summed E-state index contributed by atoms with van der Waals surface area (Å²) in [5, 5.41) is 8.43. The molecule has 0 spiro atoms. The molecule has 0 saturated carbocycles. The van der Waals surface area contributed by atoms with E-state index in [2.05, 4.69) is 0 Å². The largest absolute Gasteiger partial charge is 0.481 e. The lowest BCUT2D eigenvalue weighted by atomic mass is 10.1. The molecule has 0 aromatic heterocycles. The number of Topliss-reactive ketones (excluding diaryl/α,β-unsaturated/α-hetero) is 1. The second-order valence-electron chi connectivity index (χ2n) is 3.49. The highest BCUT2D eigenvalue weighted by Crippen LogP contribution is 2.32. The summed E-state index contributed by atoms with van der Waals surface area (Å²) in [4.78, 5) is 23.5. The van der Waals surface area contributed by atoms with E-state index in [1.807, 2.05) is 11.8 Å². The molecule has 0 radical (unpaired) electrons. The third-order valence-corrected chi connectivity index (χ3v) is 4.30. The minimum atomic E-state index is -0.846. The Hall–Kier alpha value is -0.620. The number of aliphatic carboxylic acids is 1. The summed E-state index contributed by atoms with van der Waals surface area (Å²) in [6.45, 7) is 3.82. The molecule has 1 heterocycles. The molecule has 15 heavy (non-hydrogen) atoms. The van der Waals surface area contributed by atoms with Crippen LogP contribution in [0.25, 0.3) is 0 Å². The Balaban J connectivity index is 2.62. The Morgan fingerprint density at radius 3 is 2.60 bits per heavy atom. The zero-order valence-corrected chi connectivity index (χ0v) is 10.2. The normalized spacial score (nSPS) is 25.7. The summed E-state index contributed by atoms with van der Waals surface area (Å²) in [5.74, 6) is -0.756. The number of carboxylic acids is 1. The Morgan fingerprint density at radius 2 is 2.20 bits per heavy atom. The van der Waals surface area contributed by atoms with Gasteiger partial charge >= 0.3 is 5.97 Å². The maximum absolute atomic E-state index is 11.3. The maximum atomic E-state index is 11.3. The van der Waals surface area contributed by atoms with Gasteiger partial charge in [-0.05, 0) is 13.8 Å². The number of thiocarbonyl (C=S) groups is 1. The first-order valence-corrected chi connectivity index (χ1v) is 5.91. The first-order valence-electron chi connectivity index (χ1n) is 4.63. The maximum Gasteiger partial charge on any atom is 0.305 e. The van der Waals surface area contributed by atoms with Crippen LogP contribution in [0.15, 0.2) is 0 Å². The van der Waals surface area contributed by atoms with Crippen LogP contribution in [0.4, 0.5) is 0 Å². The van der Waals surface area contributed by atoms with Crippen LogP contribution in [0.1, 0.15) is 20.3 Å². The fraction of sp³-hybridized carbons (Fsp3) is 0.667. The van der Waals surface area contributed by atoms with Gasteiger partial charge in [0.25, 0.3) is 0 Å². The molecule has 6 heteroatoms. The molecule has 2 unspecified atom stereocenters. The van der Waals surface area contributed by atoms with E-state index in [0.717, 1.165) is 0 Å². The van der Waals surface area contributed by atoms with Gasteiger partial charge in [-0.2, -0.15) is 0 Å². The summed E-state index contributed by atoms with van der Waals surface area (Å²) in [6, 6.07) is -0.000602. The number of carboxylic acid groups (broad SMARTS) is 1. The molecule has 1 N–H and O–H groups in total. The van der Waals surface area contributed by atoms with Crippen molar-refractivity contribution in [3.63, 3.8) is 0 Å². The van der Waals surface area contributed by atoms with E-state index in [1.54, 1.807) is 0 Å². The van der Waals surface area contributed by atoms with Gasteiger partial charge in [-0.1, -0.05) is 24.0 Å². The molecule has 0 aromatic rings. The summed E-state index contributed by atoms with van der Waals surface area (Å²) in [5.41, 5.74) is 0. The monoisotopic (exact) mass is 247 g/mol. The van der Waals surface area contributed by atoms with Crippen LogP contribution in [0.3, 0.4) is 0 Å². The quantitative estimate of drug-likeness (QED) is 0.752. The highest BCUT2D eigenvalue weighted by Gasteiger charge is 2.37. The lowest BCUT2D eigenvalue weighted by Crippen LogP contribution is -2.37. The zero-order chi connectivity index (χ0) is 11.6. The highest BCUT2D eigenvalue weighted by molar-refractivity contribution is 8.24. The van der Waals surface area contributed by atoms with E-state index in [9.17, 15) is 9.59 Å². The van der Waals surface area contributed by atoms with Crippen molar-refractivity contribution in [1.82, 2.24) is 4.90 Å². The predicted molar refractivity (Wildman–Crippen MR) is 63.1 cm³/mol. The van der Waals surface area contributed by atoms with Crippen molar-refractivity contribution in [3.05, 3.63) is 0 Å². The highest BCUT2D eigenvalue weighted by atomic mass is 32.2. The molecule has 1 rings (SSSR count). The van der Waals surface area contributed by atoms with Crippen molar-refractivity contribution < 1.29 is 14.7 Å². The van der Waals surface area contributed by atoms with E-state index >= 15 is 0 Å². The molecule has 0 bridgehead atoms. The van der Waals surface area contributed by atoms with Crippen LogP contribution in [0.2, 0.25) is 0 Å². The summed E-state index contributed by atoms with van der Waals surface area (Å²) in [7, 11) is 0. The third-order valence-electron chi connectivity index (χ3n) is 2.36. The summed E-state index contributed by atoms with van der Waals surface area (Å²) in [6.07, 6.45) is 0.0513. The second kappa shape index (κ2) is 4.94. The van der Waals surface area contributed by atoms with E-state index < -0.39 is 5.97 Å². The van der Waals surface area contributed by atoms with E-state index in [0.29, 0.717) is 10.9 Å². The van der Waals surface area contributed by atoms with Gasteiger partial charge in [0.15, 0.2) is 0 Å². The van der Waals surface area contributed by atoms with Crippen molar-refractivity contribution in [3.8, 4) is 0 Å². The van der Waals surface area contributed by atoms with E-state index in [4.69, 9.17) is 17.3 Å². The topological polar surface area (TPSA) is 57.6 Å². The smallest absolute Gasteiger partial charge is 0.305 e. The van der Waals surface area contributed by atoms with Gasteiger partial charge in [0.05, 0.1) is 11.7 Å². The average Bonchev–Trinajstić information content (AvgIpc) is 2.39. The average molecular weight is 247 g/mol. The number of thioether (sulfide) groups is 1. The van der Waals surface area contributed by atoms with Gasteiger partial charge in [0.1, 0.15) is 10.1 Å². The molecule has 2 atom stereocenters. The molecular weight excluding hydrogens is 234 g/mol. The first-order chi connectivity index (χ1) is 6.93. The number of rotatable bonds is 4. The van der Waals surface area contributed by atoms with Crippen molar-refractivity contribution in [2.75, 3.05) is 6.54 Å². The Kier molecular flexibility index (Phi) is 4.10. The van der Waals surface area contributed by atoms with Gasteiger partial charge in [0, 0.05) is 12.6 Å². The zero-order valence-electron chi connectivity index (χ0n) is 8.60. The van der Waals surface area contributed by atoms with Crippen molar-refractivity contribution in [2.45, 2.75) is 31.6 Å². The minimum absolute atomic E-state index is 0.000602. The van der Waals surface area contributed by atoms with Crippen LogP contribution in [0.5, 0.6) is 0 Å². The summed E-state index contributed by atoms with van der Waals surface area (Å²) < 4.78 is 0.629. The van der Waals surface area contributed by atoms with Crippen molar-refractivity contribution >= 4 is 40.1 Å². The lowest BCUT2D eigenvalue weighted by Gasteiger charge is -2.23. The number of nitrogens with zero attached hydrogens (tertiary/aromatic N) is 1. The van der Waals surface area contributed by atoms with E-state index in [-0.39, 0.29) is 23.5 Å². The van der Waals surface area contributed by atoms with Crippen LogP contribution in [-0.4, -0.2) is 43.9 Å². The molecular formula is C9H13NO3S2. The van der Waals surface area contributed by atoms with E-state index in [1.165, 1.54) is 18.7 Å². The Labute approximate surface area is 98.0 Å². The number of ketones is 1. The lowest BCUT2D eigenvalue weighted by molar-refractivity contribution is -0.137. The van der Waals surface area contributed by atoms with Crippen molar-refractivity contribution in [2.24, 2.45) is 0 Å². The molecule has 1 aliphatic rings. The Morgan fingerprint density at radius 1 is 1.60 bits per heavy atom. The molecule has 84 valence electrons. The second-order valence-corrected chi connectivity index (χ2v) is 5.27. The van der Waals surface area contributed by atoms with Gasteiger partial charge in [-0.15, -0.1) is 0 Å². The number of hydrogen-bond acceptors (Lipinski definition) is 4. The standard InChI is InChI=1S/C9H13NO3S2/c1-5-8(6(2)11)15-9(14)10(5)4-3-7(12)13/h5,8H,3-4H2,1-2H3,(H,12,13). The number of carbonyl (C=O) groups is 2. The van der Waals surface area contributed by atoms with Crippen LogP contribution in [-0.2, 0) is 9.59 Å². The molecule has 0 amide bonds. The van der Waals surface area contributed by atoms with Gasteiger partial charge in [0.2, 0.25) is 0 Å². The van der Waals surface area contributed by atoms with Gasteiger partial charge < -0.3 is 10.0 Å². The molecule has 0 aromatic carbocycles.